The Hall–Kier alpha value is -2.46. The minimum Gasteiger partial charge on any atom is -0.374 e. The van der Waals surface area contributed by atoms with E-state index in [1.807, 2.05) is 65.3 Å². The Bertz CT molecular complexity index is 741. The van der Waals surface area contributed by atoms with Gasteiger partial charge in [0.2, 0.25) is 0 Å². The second kappa shape index (κ2) is 5.07. The highest BCUT2D eigenvalue weighted by molar-refractivity contribution is 5.45. The van der Waals surface area contributed by atoms with Crippen LogP contribution in [0, 0.1) is 0 Å². The summed E-state index contributed by atoms with van der Waals surface area (Å²) in [5.74, 6) is 0. The smallest absolute Gasteiger partial charge is 0.161 e. The number of aryl methyl sites for hydroxylation is 1. The quantitative estimate of drug-likeness (QED) is 0.806. The average Bonchev–Trinajstić information content (AvgIpc) is 3.19. The zero-order chi connectivity index (χ0) is 15.0. The van der Waals surface area contributed by atoms with Crippen LogP contribution in [0.3, 0.4) is 0 Å². The van der Waals surface area contributed by atoms with Crippen LogP contribution in [0.25, 0.3) is 0 Å². The molecule has 1 aliphatic rings. The maximum absolute atomic E-state index is 11.7. The molecule has 0 unspecified atom stereocenters. The van der Waals surface area contributed by atoms with Crippen molar-refractivity contribution in [2.75, 3.05) is 0 Å². The highest BCUT2D eigenvalue weighted by Gasteiger charge is 2.40. The van der Waals surface area contributed by atoms with E-state index in [2.05, 4.69) is 10.3 Å². The van der Waals surface area contributed by atoms with Crippen LogP contribution in [0.5, 0.6) is 0 Å². The van der Waals surface area contributed by atoms with Crippen LogP contribution in [0.4, 0.5) is 0 Å². The molecule has 4 heteroatoms. The van der Waals surface area contributed by atoms with Crippen LogP contribution >= 0.6 is 0 Å². The summed E-state index contributed by atoms with van der Waals surface area (Å²) in [6, 6.07) is 19.4. The third kappa shape index (κ3) is 1.88. The largest absolute Gasteiger partial charge is 0.374 e. The van der Waals surface area contributed by atoms with Gasteiger partial charge in [0.25, 0.3) is 0 Å². The molecule has 0 spiro atoms. The first-order valence-corrected chi connectivity index (χ1v) is 7.56. The van der Waals surface area contributed by atoms with E-state index >= 15 is 0 Å². The lowest BCUT2D eigenvalue weighted by molar-refractivity contribution is 0.119. The van der Waals surface area contributed by atoms with Gasteiger partial charge < -0.3 is 5.11 Å². The highest BCUT2D eigenvalue weighted by Crippen LogP contribution is 2.38. The predicted octanol–water partition coefficient (Wildman–Crippen LogP) is 2.51. The molecule has 0 atom stereocenters. The summed E-state index contributed by atoms with van der Waals surface area (Å²) in [6.45, 7) is 0.877. The maximum atomic E-state index is 11.7. The van der Waals surface area contributed by atoms with Crippen LogP contribution in [-0.4, -0.2) is 20.1 Å². The van der Waals surface area contributed by atoms with Crippen molar-refractivity contribution in [1.29, 1.82) is 0 Å². The van der Waals surface area contributed by atoms with E-state index in [-0.39, 0.29) is 0 Å². The van der Waals surface area contributed by atoms with Gasteiger partial charge in [-0.1, -0.05) is 65.9 Å². The van der Waals surface area contributed by atoms with Crippen molar-refractivity contribution in [3.05, 3.63) is 83.2 Å². The van der Waals surface area contributed by atoms with Gasteiger partial charge in [-0.05, 0) is 24.0 Å². The van der Waals surface area contributed by atoms with E-state index in [1.165, 1.54) is 0 Å². The van der Waals surface area contributed by atoms with Gasteiger partial charge in [0, 0.05) is 6.54 Å². The number of aromatic nitrogens is 3. The Balaban J connectivity index is 1.97. The summed E-state index contributed by atoms with van der Waals surface area (Å²) in [5, 5.41) is 20.2. The van der Waals surface area contributed by atoms with Crippen molar-refractivity contribution < 1.29 is 5.11 Å². The summed E-state index contributed by atoms with van der Waals surface area (Å²) in [7, 11) is 0. The fourth-order valence-electron chi connectivity index (χ4n) is 3.24. The molecule has 4 rings (SSSR count). The monoisotopic (exact) mass is 291 g/mol. The zero-order valence-electron chi connectivity index (χ0n) is 12.2. The molecule has 1 aliphatic heterocycles. The molecule has 0 aliphatic carbocycles. The number of hydrogen-bond acceptors (Lipinski definition) is 3. The lowest BCUT2D eigenvalue weighted by atomic mass is 9.82. The molecule has 22 heavy (non-hydrogen) atoms. The van der Waals surface area contributed by atoms with Crippen LogP contribution in [0.2, 0.25) is 0 Å². The minimum absolute atomic E-state index is 0.655. The first kappa shape index (κ1) is 13.2. The van der Waals surface area contributed by atoms with E-state index in [0.29, 0.717) is 5.69 Å². The van der Waals surface area contributed by atoms with Gasteiger partial charge in [-0.3, -0.25) is 0 Å². The Labute approximate surface area is 129 Å². The number of hydrogen-bond donors (Lipinski definition) is 1. The fraction of sp³-hybridized carbons (Fsp3) is 0.222. The lowest BCUT2D eigenvalue weighted by Crippen LogP contribution is -2.30. The Morgan fingerprint density at radius 2 is 1.50 bits per heavy atom. The summed E-state index contributed by atoms with van der Waals surface area (Å²) in [5.41, 5.74) is 2.06. The second-order valence-electron chi connectivity index (χ2n) is 5.65. The summed E-state index contributed by atoms with van der Waals surface area (Å²) in [4.78, 5) is 0. The van der Waals surface area contributed by atoms with Gasteiger partial charge in [0.1, 0.15) is 5.69 Å². The van der Waals surface area contributed by atoms with E-state index in [0.717, 1.165) is 36.2 Å². The minimum atomic E-state index is -1.26. The van der Waals surface area contributed by atoms with Crippen LogP contribution in [0.1, 0.15) is 28.9 Å². The van der Waals surface area contributed by atoms with Crippen LogP contribution in [-0.2, 0) is 18.6 Å². The molecular weight excluding hydrogens is 274 g/mol. The van der Waals surface area contributed by atoms with Crippen LogP contribution in [0.15, 0.2) is 60.7 Å². The second-order valence-corrected chi connectivity index (χ2v) is 5.65. The van der Waals surface area contributed by atoms with Crippen molar-refractivity contribution in [3.63, 3.8) is 0 Å². The molecule has 2 aromatic carbocycles. The SMILES string of the molecule is OC(c1ccccc1)(c1ccccc1)c1nnn2c1CCC2. The molecular formula is C18H17N3O. The van der Waals surface area contributed by atoms with Crippen molar-refractivity contribution >= 4 is 0 Å². The number of benzene rings is 2. The first-order valence-electron chi connectivity index (χ1n) is 7.56. The number of aliphatic hydroxyl groups is 1. The molecule has 0 bridgehead atoms. The van der Waals surface area contributed by atoms with E-state index in [4.69, 9.17) is 0 Å². The van der Waals surface area contributed by atoms with E-state index < -0.39 is 5.60 Å². The summed E-state index contributed by atoms with van der Waals surface area (Å²) < 4.78 is 1.91. The normalized spacial score (nSPS) is 14.0. The Kier molecular flexibility index (Phi) is 3.05. The Morgan fingerprint density at radius 3 is 2.09 bits per heavy atom. The van der Waals surface area contributed by atoms with Gasteiger partial charge in [0.15, 0.2) is 5.60 Å². The van der Waals surface area contributed by atoms with Crippen molar-refractivity contribution in [3.8, 4) is 0 Å². The van der Waals surface area contributed by atoms with Gasteiger partial charge in [-0.2, -0.15) is 0 Å². The molecule has 1 aromatic heterocycles. The van der Waals surface area contributed by atoms with Gasteiger partial charge >= 0.3 is 0 Å². The molecule has 0 amide bonds. The molecule has 0 saturated carbocycles. The zero-order valence-corrected chi connectivity index (χ0v) is 12.2. The average molecular weight is 291 g/mol. The number of nitrogens with zero attached hydrogens (tertiary/aromatic N) is 3. The maximum Gasteiger partial charge on any atom is 0.161 e. The highest BCUT2D eigenvalue weighted by atomic mass is 16.3. The first-order chi connectivity index (χ1) is 10.8. The molecule has 3 aromatic rings. The molecule has 4 nitrogen and oxygen atoms in total. The standard InChI is InChI=1S/C18H17N3O/c22-18(14-8-3-1-4-9-14,15-10-5-2-6-11-15)17-16-12-7-13-21(16)20-19-17/h1-6,8-11,22H,7,12-13H2. The van der Waals surface area contributed by atoms with Crippen molar-refractivity contribution in [2.45, 2.75) is 25.0 Å². The van der Waals surface area contributed by atoms with Gasteiger partial charge in [0.05, 0.1) is 5.69 Å². The number of fused-ring (bicyclic) bond motifs is 1. The lowest BCUT2D eigenvalue weighted by Gasteiger charge is -2.28. The Morgan fingerprint density at radius 1 is 0.909 bits per heavy atom. The summed E-state index contributed by atoms with van der Waals surface area (Å²) in [6.07, 6.45) is 1.96. The number of rotatable bonds is 3. The van der Waals surface area contributed by atoms with Crippen molar-refractivity contribution in [2.24, 2.45) is 0 Å². The molecule has 110 valence electrons. The van der Waals surface area contributed by atoms with Crippen molar-refractivity contribution in [1.82, 2.24) is 15.0 Å². The molecule has 1 N–H and O–H groups in total. The van der Waals surface area contributed by atoms with Crippen LogP contribution < -0.4 is 0 Å². The molecule has 0 radical (unpaired) electrons. The molecule has 0 saturated heterocycles. The van der Waals surface area contributed by atoms with Gasteiger partial charge in [-0.15, -0.1) is 5.10 Å². The third-order valence-corrected chi connectivity index (χ3v) is 4.35. The summed E-state index contributed by atoms with van der Waals surface area (Å²) >= 11 is 0. The van der Waals surface area contributed by atoms with Gasteiger partial charge in [-0.25, -0.2) is 4.68 Å². The fourth-order valence-corrected chi connectivity index (χ4v) is 3.24. The third-order valence-electron chi connectivity index (χ3n) is 4.35. The molecule has 0 fully saturated rings. The van der Waals surface area contributed by atoms with E-state index in [9.17, 15) is 5.11 Å². The topological polar surface area (TPSA) is 50.9 Å². The van der Waals surface area contributed by atoms with E-state index in [1.54, 1.807) is 0 Å². The predicted molar refractivity (Wildman–Crippen MR) is 83.3 cm³/mol. The molecule has 2 heterocycles.